The summed E-state index contributed by atoms with van der Waals surface area (Å²) >= 11 is 13.4. The van der Waals surface area contributed by atoms with Gasteiger partial charge in [0.05, 0.1) is 0 Å². The molecule has 0 aromatic heterocycles. The summed E-state index contributed by atoms with van der Waals surface area (Å²) in [7, 11) is 0. The van der Waals surface area contributed by atoms with Gasteiger partial charge in [0.25, 0.3) is 6.69 Å². The van der Waals surface area contributed by atoms with Crippen LogP contribution in [0.3, 0.4) is 0 Å². The fraction of sp³-hybridized carbons (Fsp3) is 1.00. The van der Waals surface area contributed by atoms with E-state index in [1.165, 1.54) is 51.4 Å². The van der Waals surface area contributed by atoms with E-state index in [4.69, 9.17) is 22.2 Å². The number of hydrogen-bond donors (Lipinski definition) is 0. The molecule has 0 aliphatic carbocycles. The zero-order valence-electron chi connectivity index (χ0n) is 16.6. The predicted octanol–water partition coefficient (Wildman–Crippen LogP) is 8.61. The van der Waals surface area contributed by atoms with Crippen LogP contribution in [0.25, 0.3) is 0 Å². The van der Waals surface area contributed by atoms with Gasteiger partial charge in [-0.15, -0.1) is 22.2 Å². The van der Waals surface area contributed by atoms with Crippen LogP contribution in [-0.2, 0) is 0 Å². The van der Waals surface area contributed by atoms with E-state index in [1.807, 2.05) is 0 Å². The number of halogens is 2. The fourth-order valence-electron chi connectivity index (χ4n) is 3.08. The molecule has 0 aromatic carbocycles. The minimum absolute atomic E-state index is 0.779. The zero-order valence-corrected chi connectivity index (χ0v) is 19.1. The van der Waals surface area contributed by atoms with Crippen molar-refractivity contribution in [3.63, 3.8) is 0 Å². The highest BCUT2D eigenvalue weighted by Crippen LogP contribution is 2.33. The van der Waals surface area contributed by atoms with Crippen LogP contribution < -0.4 is 0 Å². The summed E-state index contributed by atoms with van der Waals surface area (Å²) < 4.78 is 0. The first-order valence-corrected chi connectivity index (χ1v) is 14.4. The molecule has 0 nitrogen and oxygen atoms in total. The van der Waals surface area contributed by atoms with Gasteiger partial charge in [-0.05, 0) is 35.8 Å². The normalized spacial score (nSPS) is 15.4. The summed E-state index contributed by atoms with van der Waals surface area (Å²) in [6.45, 7) is 12.0. The van der Waals surface area contributed by atoms with Crippen molar-refractivity contribution >= 4 is 28.9 Å². The van der Waals surface area contributed by atoms with Crippen molar-refractivity contribution in [1.82, 2.24) is 0 Å². The van der Waals surface area contributed by atoms with E-state index in [1.54, 1.807) is 0 Å². The highest BCUT2D eigenvalue weighted by molar-refractivity contribution is 7.45. The molecule has 2 atom stereocenters. The van der Waals surface area contributed by atoms with E-state index < -0.39 is 6.69 Å². The Kier molecular flexibility index (Phi) is 13.5. The summed E-state index contributed by atoms with van der Waals surface area (Å²) in [6, 6.07) is 2.16. The Morgan fingerprint density at radius 2 is 0.913 bits per heavy atom. The molecule has 0 spiro atoms. The Labute approximate surface area is 157 Å². The molecule has 140 valence electrons. The SMILES string of the molecule is CC(C)CCC[C@@H](C)CC[Si](Cl)(Cl)CC[C@H](C)CCCC(C)C. The van der Waals surface area contributed by atoms with Gasteiger partial charge in [0.15, 0.2) is 0 Å². The molecular formula is C20H42Cl2Si. The molecule has 0 aromatic rings. The summed E-state index contributed by atoms with van der Waals surface area (Å²) in [6.07, 6.45) is 10.5. The zero-order chi connectivity index (χ0) is 17.9. The molecule has 0 aliphatic heterocycles. The largest absolute Gasteiger partial charge is 0.251 e. The summed E-state index contributed by atoms with van der Waals surface area (Å²) in [5.41, 5.74) is 0. The first kappa shape index (κ1) is 23.8. The van der Waals surface area contributed by atoms with E-state index in [9.17, 15) is 0 Å². The summed E-state index contributed by atoms with van der Waals surface area (Å²) in [5.74, 6) is 3.21. The summed E-state index contributed by atoms with van der Waals surface area (Å²) in [5, 5.41) is 0. The van der Waals surface area contributed by atoms with E-state index >= 15 is 0 Å². The second-order valence-electron chi connectivity index (χ2n) is 8.79. The Hall–Kier alpha value is 0.797. The van der Waals surface area contributed by atoms with E-state index in [2.05, 4.69) is 41.5 Å². The highest BCUT2D eigenvalue weighted by Gasteiger charge is 2.28. The van der Waals surface area contributed by atoms with Gasteiger partial charge in [-0.2, -0.15) is 0 Å². The van der Waals surface area contributed by atoms with Crippen molar-refractivity contribution in [2.24, 2.45) is 23.7 Å². The monoisotopic (exact) mass is 380 g/mol. The Balaban J connectivity index is 3.81. The van der Waals surface area contributed by atoms with Crippen LogP contribution in [0.5, 0.6) is 0 Å². The van der Waals surface area contributed by atoms with Gasteiger partial charge in [-0.25, -0.2) is 0 Å². The van der Waals surface area contributed by atoms with Crippen LogP contribution in [0.15, 0.2) is 0 Å². The van der Waals surface area contributed by atoms with Gasteiger partial charge in [-0.3, -0.25) is 0 Å². The van der Waals surface area contributed by atoms with Crippen LogP contribution in [0.1, 0.15) is 92.9 Å². The molecule has 0 aliphatic rings. The van der Waals surface area contributed by atoms with Crippen LogP contribution in [0, 0.1) is 23.7 Å². The Bertz CT molecular complexity index is 251. The first-order chi connectivity index (χ1) is 10.6. The molecule has 0 fully saturated rings. The highest BCUT2D eigenvalue weighted by atomic mass is 35.7. The molecule has 0 radical (unpaired) electrons. The van der Waals surface area contributed by atoms with Gasteiger partial charge in [0.1, 0.15) is 0 Å². The first-order valence-electron chi connectivity index (χ1n) is 10.00. The number of rotatable bonds is 14. The van der Waals surface area contributed by atoms with Crippen LogP contribution in [0.4, 0.5) is 0 Å². The quantitative estimate of drug-likeness (QED) is 0.209. The average molecular weight is 382 g/mol. The second-order valence-corrected chi connectivity index (χ2v) is 16.4. The minimum Gasteiger partial charge on any atom is -0.146 e. The van der Waals surface area contributed by atoms with Crippen molar-refractivity contribution < 1.29 is 0 Å². The van der Waals surface area contributed by atoms with Crippen LogP contribution >= 0.6 is 22.2 Å². The van der Waals surface area contributed by atoms with Gasteiger partial charge >= 0.3 is 0 Å². The average Bonchev–Trinajstić information content (AvgIpc) is 2.42. The third-order valence-electron chi connectivity index (χ3n) is 4.96. The molecule has 0 N–H and O–H groups in total. The molecule has 0 bridgehead atoms. The maximum absolute atomic E-state index is 6.70. The molecule has 0 amide bonds. The van der Waals surface area contributed by atoms with Crippen molar-refractivity contribution in [3.8, 4) is 0 Å². The maximum Gasteiger partial charge on any atom is 0.251 e. The molecule has 0 rings (SSSR count). The molecule has 23 heavy (non-hydrogen) atoms. The van der Waals surface area contributed by atoms with Gasteiger partial charge in [0.2, 0.25) is 0 Å². The lowest BCUT2D eigenvalue weighted by atomic mass is 9.98. The third-order valence-corrected chi connectivity index (χ3v) is 9.27. The molecule has 0 heterocycles. The smallest absolute Gasteiger partial charge is 0.146 e. The Morgan fingerprint density at radius 3 is 1.22 bits per heavy atom. The lowest BCUT2D eigenvalue weighted by Gasteiger charge is -2.21. The predicted molar refractivity (Wildman–Crippen MR) is 112 cm³/mol. The van der Waals surface area contributed by atoms with E-state index in [0.29, 0.717) is 0 Å². The van der Waals surface area contributed by atoms with Crippen molar-refractivity contribution in [2.45, 2.75) is 105 Å². The number of hydrogen-bond acceptors (Lipinski definition) is 0. The fourth-order valence-corrected chi connectivity index (χ4v) is 6.47. The lowest BCUT2D eigenvalue weighted by Crippen LogP contribution is -2.20. The third kappa shape index (κ3) is 16.0. The minimum atomic E-state index is -2.01. The van der Waals surface area contributed by atoms with E-state index in [0.717, 1.165) is 35.8 Å². The van der Waals surface area contributed by atoms with Crippen molar-refractivity contribution in [1.29, 1.82) is 0 Å². The molecule has 0 saturated carbocycles. The molecular weight excluding hydrogens is 339 g/mol. The van der Waals surface area contributed by atoms with E-state index in [-0.39, 0.29) is 0 Å². The standard InChI is InChI=1S/C20H42Cl2Si/c1-17(2)9-7-11-19(5)13-15-23(21,22)16-14-20(6)12-8-10-18(3)4/h17-20H,7-16H2,1-6H3/t19-,20-/m1/s1. The second kappa shape index (κ2) is 13.1. The maximum atomic E-state index is 6.70. The van der Waals surface area contributed by atoms with Crippen LogP contribution in [0.2, 0.25) is 12.1 Å². The molecule has 3 heteroatoms. The van der Waals surface area contributed by atoms with Crippen molar-refractivity contribution in [3.05, 3.63) is 0 Å². The van der Waals surface area contributed by atoms with Gasteiger partial charge < -0.3 is 0 Å². The van der Waals surface area contributed by atoms with Gasteiger partial charge in [-0.1, -0.05) is 92.9 Å². The van der Waals surface area contributed by atoms with Gasteiger partial charge in [0, 0.05) is 0 Å². The summed E-state index contributed by atoms with van der Waals surface area (Å²) in [4.78, 5) is 0. The van der Waals surface area contributed by atoms with Crippen molar-refractivity contribution in [2.75, 3.05) is 0 Å². The van der Waals surface area contributed by atoms with Crippen LogP contribution in [-0.4, -0.2) is 6.69 Å². The molecule has 0 saturated heterocycles. The lowest BCUT2D eigenvalue weighted by molar-refractivity contribution is 0.443. The topological polar surface area (TPSA) is 0 Å². The Morgan fingerprint density at radius 1 is 0.565 bits per heavy atom. The molecule has 0 unspecified atom stereocenters.